The third-order valence-electron chi connectivity index (χ3n) is 1.74. The number of likely N-dealkylation sites (N-methyl/N-ethyl adjacent to an activating group) is 1. The van der Waals surface area contributed by atoms with Gasteiger partial charge in [0.2, 0.25) is 0 Å². The number of hydrogen-bond donors (Lipinski definition) is 2. The Morgan fingerprint density at radius 3 is 2.56 bits per heavy atom. The van der Waals surface area contributed by atoms with Gasteiger partial charge in [-0.2, -0.15) is 0 Å². The zero-order valence-corrected chi connectivity index (χ0v) is 10.0. The Morgan fingerprint density at radius 2 is 1.94 bits per heavy atom. The molecule has 1 aromatic rings. The summed E-state index contributed by atoms with van der Waals surface area (Å²) in [5.41, 5.74) is 0.311. The Labute approximate surface area is 103 Å². The van der Waals surface area contributed by atoms with E-state index < -0.39 is 11.8 Å². The van der Waals surface area contributed by atoms with Gasteiger partial charge in [-0.05, 0) is 19.1 Å². The normalized spacial score (nSPS) is 9.69. The van der Waals surface area contributed by atoms with E-state index in [4.69, 9.17) is 23.2 Å². The Morgan fingerprint density at radius 1 is 1.25 bits per heavy atom. The standard InChI is InChI=1S/C10H10Cl2N2O2/c1-2-13-9(15)10(16)14-7-5-3-4-6(11)8(7)12/h3-5H,2H2,1H3,(H,13,15)(H,14,16). The highest BCUT2D eigenvalue weighted by Crippen LogP contribution is 2.29. The minimum absolute atomic E-state index is 0.210. The Balaban J connectivity index is 2.77. The van der Waals surface area contributed by atoms with Crippen molar-refractivity contribution in [3.63, 3.8) is 0 Å². The predicted molar refractivity (Wildman–Crippen MR) is 63.8 cm³/mol. The summed E-state index contributed by atoms with van der Waals surface area (Å²) in [7, 11) is 0. The van der Waals surface area contributed by atoms with Crippen molar-refractivity contribution < 1.29 is 9.59 Å². The second kappa shape index (κ2) is 5.72. The van der Waals surface area contributed by atoms with E-state index in [1.165, 1.54) is 0 Å². The van der Waals surface area contributed by atoms with E-state index >= 15 is 0 Å². The summed E-state index contributed by atoms with van der Waals surface area (Å²) in [4.78, 5) is 22.5. The molecule has 0 aromatic heterocycles. The van der Waals surface area contributed by atoms with Crippen LogP contribution in [0.3, 0.4) is 0 Å². The third kappa shape index (κ3) is 3.12. The summed E-state index contributed by atoms with van der Waals surface area (Å²) in [6.45, 7) is 2.10. The molecule has 16 heavy (non-hydrogen) atoms. The average Bonchev–Trinajstić information content (AvgIpc) is 2.25. The molecule has 2 amide bonds. The monoisotopic (exact) mass is 260 g/mol. The summed E-state index contributed by atoms with van der Waals surface area (Å²) in [6.07, 6.45) is 0. The largest absolute Gasteiger partial charge is 0.348 e. The number of hydrogen-bond acceptors (Lipinski definition) is 2. The van der Waals surface area contributed by atoms with Gasteiger partial charge in [0.15, 0.2) is 0 Å². The summed E-state index contributed by atoms with van der Waals surface area (Å²) in [5.74, 6) is -1.48. The molecule has 0 spiro atoms. The van der Waals surface area contributed by atoms with E-state index in [-0.39, 0.29) is 5.02 Å². The van der Waals surface area contributed by atoms with Gasteiger partial charge >= 0.3 is 11.8 Å². The number of nitrogens with one attached hydrogen (secondary N) is 2. The van der Waals surface area contributed by atoms with E-state index in [1.807, 2.05) is 0 Å². The maximum absolute atomic E-state index is 11.3. The molecule has 1 aromatic carbocycles. The molecule has 0 saturated heterocycles. The zero-order chi connectivity index (χ0) is 12.1. The van der Waals surface area contributed by atoms with Crippen molar-refractivity contribution in [1.29, 1.82) is 0 Å². The molecule has 0 saturated carbocycles. The predicted octanol–water partition coefficient (Wildman–Crippen LogP) is 2.07. The number of halogens is 2. The maximum Gasteiger partial charge on any atom is 0.313 e. The summed E-state index contributed by atoms with van der Waals surface area (Å²) in [5, 5.41) is 5.27. The van der Waals surface area contributed by atoms with Crippen molar-refractivity contribution in [1.82, 2.24) is 5.32 Å². The van der Waals surface area contributed by atoms with Crippen molar-refractivity contribution in [2.75, 3.05) is 11.9 Å². The minimum Gasteiger partial charge on any atom is -0.348 e. The first kappa shape index (κ1) is 12.8. The molecule has 0 radical (unpaired) electrons. The van der Waals surface area contributed by atoms with Crippen LogP contribution in [0.5, 0.6) is 0 Å². The highest BCUT2D eigenvalue weighted by molar-refractivity contribution is 6.45. The van der Waals surface area contributed by atoms with E-state index in [1.54, 1.807) is 25.1 Å². The van der Waals surface area contributed by atoms with Crippen molar-refractivity contribution in [3.05, 3.63) is 28.2 Å². The van der Waals surface area contributed by atoms with Crippen LogP contribution in [0.1, 0.15) is 6.92 Å². The Bertz CT molecular complexity index is 421. The SMILES string of the molecule is CCNC(=O)C(=O)Nc1cccc(Cl)c1Cl. The molecule has 0 aliphatic heterocycles. The molecule has 0 aliphatic carbocycles. The molecular weight excluding hydrogens is 251 g/mol. The van der Waals surface area contributed by atoms with Crippen LogP contribution in [0.25, 0.3) is 0 Å². The molecule has 2 N–H and O–H groups in total. The first-order valence-corrected chi connectivity index (χ1v) is 5.35. The van der Waals surface area contributed by atoms with E-state index in [9.17, 15) is 9.59 Å². The van der Waals surface area contributed by atoms with Crippen LogP contribution in [-0.2, 0) is 9.59 Å². The van der Waals surface area contributed by atoms with Crippen LogP contribution >= 0.6 is 23.2 Å². The average molecular weight is 261 g/mol. The van der Waals surface area contributed by atoms with Gasteiger partial charge in [0, 0.05) is 6.54 Å². The van der Waals surface area contributed by atoms with Crippen LogP contribution in [-0.4, -0.2) is 18.4 Å². The van der Waals surface area contributed by atoms with Crippen LogP contribution in [0.2, 0.25) is 10.0 Å². The van der Waals surface area contributed by atoms with E-state index in [0.29, 0.717) is 17.3 Å². The summed E-state index contributed by atoms with van der Waals surface area (Å²) < 4.78 is 0. The van der Waals surface area contributed by atoms with Gasteiger partial charge in [-0.1, -0.05) is 29.3 Å². The smallest absolute Gasteiger partial charge is 0.313 e. The van der Waals surface area contributed by atoms with Gasteiger partial charge in [-0.25, -0.2) is 0 Å². The van der Waals surface area contributed by atoms with Crippen LogP contribution < -0.4 is 10.6 Å². The molecule has 86 valence electrons. The molecular formula is C10H10Cl2N2O2. The van der Waals surface area contributed by atoms with E-state index in [0.717, 1.165) is 0 Å². The van der Waals surface area contributed by atoms with Crippen molar-refractivity contribution in [3.8, 4) is 0 Å². The summed E-state index contributed by atoms with van der Waals surface area (Å²) >= 11 is 11.6. The first-order chi connectivity index (χ1) is 7.56. The number of rotatable bonds is 2. The maximum atomic E-state index is 11.3. The fourth-order valence-electron chi connectivity index (χ4n) is 1.02. The number of benzene rings is 1. The molecule has 0 fully saturated rings. The molecule has 6 heteroatoms. The number of carbonyl (C=O) groups excluding carboxylic acids is 2. The highest BCUT2D eigenvalue weighted by Gasteiger charge is 2.14. The van der Waals surface area contributed by atoms with Gasteiger partial charge in [0.25, 0.3) is 0 Å². The molecule has 1 rings (SSSR count). The second-order valence-electron chi connectivity index (χ2n) is 2.91. The lowest BCUT2D eigenvalue weighted by atomic mass is 10.3. The summed E-state index contributed by atoms with van der Waals surface area (Å²) in [6, 6.07) is 4.78. The first-order valence-electron chi connectivity index (χ1n) is 4.59. The quantitative estimate of drug-likeness (QED) is 0.800. The van der Waals surface area contributed by atoms with Gasteiger partial charge in [0.1, 0.15) is 0 Å². The van der Waals surface area contributed by atoms with Gasteiger partial charge in [-0.15, -0.1) is 0 Å². The van der Waals surface area contributed by atoms with Gasteiger partial charge in [0.05, 0.1) is 15.7 Å². The number of carbonyl (C=O) groups is 2. The number of anilines is 1. The lowest BCUT2D eigenvalue weighted by Crippen LogP contribution is -2.35. The molecule has 0 unspecified atom stereocenters. The Kier molecular flexibility index (Phi) is 4.58. The highest BCUT2D eigenvalue weighted by atomic mass is 35.5. The molecule has 0 heterocycles. The topological polar surface area (TPSA) is 58.2 Å². The second-order valence-corrected chi connectivity index (χ2v) is 3.70. The molecule has 0 aliphatic rings. The van der Waals surface area contributed by atoms with Gasteiger partial charge in [-0.3, -0.25) is 9.59 Å². The van der Waals surface area contributed by atoms with Crippen molar-refractivity contribution >= 4 is 40.7 Å². The fraction of sp³-hybridized carbons (Fsp3) is 0.200. The van der Waals surface area contributed by atoms with Crippen LogP contribution in [0.15, 0.2) is 18.2 Å². The van der Waals surface area contributed by atoms with Crippen molar-refractivity contribution in [2.45, 2.75) is 6.92 Å². The zero-order valence-electron chi connectivity index (χ0n) is 8.51. The fourth-order valence-corrected chi connectivity index (χ4v) is 1.37. The van der Waals surface area contributed by atoms with Crippen LogP contribution in [0, 0.1) is 0 Å². The molecule has 0 bridgehead atoms. The molecule has 0 atom stereocenters. The Hall–Kier alpha value is -1.26. The van der Waals surface area contributed by atoms with E-state index in [2.05, 4.69) is 10.6 Å². The third-order valence-corrected chi connectivity index (χ3v) is 2.56. The van der Waals surface area contributed by atoms with Crippen LogP contribution in [0.4, 0.5) is 5.69 Å². The lowest BCUT2D eigenvalue weighted by Gasteiger charge is -2.07. The van der Waals surface area contributed by atoms with Crippen molar-refractivity contribution in [2.24, 2.45) is 0 Å². The lowest BCUT2D eigenvalue weighted by molar-refractivity contribution is -0.136. The number of amides is 2. The minimum atomic E-state index is -0.772. The molecule has 4 nitrogen and oxygen atoms in total. The van der Waals surface area contributed by atoms with Gasteiger partial charge < -0.3 is 10.6 Å².